The van der Waals surface area contributed by atoms with Crippen molar-refractivity contribution < 1.29 is 18.0 Å². The standard InChI is InChI=1S/C23H29ClN4O4S/c24-18-8-5-9-19(13-18)26-22(29)17-7-6-12-28(16-17)33(31,32)20-14-21(25-15-20)23(30)27-10-3-1-2-4-11-27/h5,8-9,13-15,17,25H,1-4,6-7,10-12,16H2,(H,26,29). The van der Waals surface area contributed by atoms with Crippen molar-refractivity contribution >= 4 is 39.1 Å². The Morgan fingerprint density at radius 1 is 1.03 bits per heavy atom. The first-order valence-electron chi connectivity index (χ1n) is 11.4. The van der Waals surface area contributed by atoms with E-state index in [-0.39, 0.29) is 28.9 Å². The first-order valence-corrected chi connectivity index (χ1v) is 13.2. The number of anilines is 1. The zero-order valence-corrected chi connectivity index (χ0v) is 20.0. The van der Waals surface area contributed by atoms with Crippen molar-refractivity contribution in [3.8, 4) is 0 Å². The summed E-state index contributed by atoms with van der Waals surface area (Å²) in [4.78, 5) is 30.3. The molecule has 178 valence electrons. The molecule has 2 fully saturated rings. The number of halogens is 1. The highest BCUT2D eigenvalue weighted by molar-refractivity contribution is 7.89. The van der Waals surface area contributed by atoms with E-state index in [1.807, 2.05) is 0 Å². The van der Waals surface area contributed by atoms with Gasteiger partial charge in [0, 0.05) is 43.1 Å². The van der Waals surface area contributed by atoms with Crippen LogP contribution in [0.25, 0.3) is 0 Å². The van der Waals surface area contributed by atoms with Crippen molar-refractivity contribution in [2.24, 2.45) is 5.92 Å². The van der Waals surface area contributed by atoms with Gasteiger partial charge in [0.1, 0.15) is 10.6 Å². The fraction of sp³-hybridized carbons (Fsp3) is 0.478. The van der Waals surface area contributed by atoms with E-state index in [1.165, 1.54) is 16.6 Å². The smallest absolute Gasteiger partial charge is 0.270 e. The number of nitrogens with one attached hydrogen (secondary N) is 2. The van der Waals surface area contributed by atoms with Crippen LogP contribution in [0.2, 0.25) is 5.02 Å². The number of aromatic nitrogens is 1. The Balaban J connectivity index is 1.43. The summed E-state index contributed by atoms with van der Waals surface area (Å²) in [5, 5.41) is 3.34. The molecule has 3 heterocycles. The van der Waals surface area contributed by atoms with Crippen LogP contribution in [0.15, 0.2) is 41.4 Å². The van der Waals surface area contributed by atoms with Crippen molar-refractivity contribution in [2.75, 3.05) is 31.5 Å². The number of amides is 2. The number of H-pyrrole nitrogens is 1. The largest absolute Gasteiger partial charge is 0.356 e. The van der Waals surface area contributed by atoms with Crippen molar-refractivity contribution in [1.29, 1.82) is 0 Å². The van der Waals surface area contributed by atoms with E-state index >= 15 is 0 Å². The molecule has 2 N–H and O–H groups in total. The molecule has 0 aliphatic carbocycles. The number of hydrogen-bond acceptors (Lipinski definition) is 4. The topological polar surface area (TPSA) is 103 Å². The van der Waals surface area contributed by atoms with Crippen LogP contribution in [-0.4, -0.2) is 60.6 Å². The number of hydrogen-bond donors (Lipinski definition) is 2. The molecule has 4 rings (SSSR count). The minimum atomic E-state index is -3.83. The van der Waals surface area contributed by atoms with Gasteiger partial charge in [0.15, 0.2) is 0 Å². The lowest BCUT2D eigenvalue weighted by atomic mass is 9.99. The van der Waals surface area contributed by atoms with E-state index in [4.69, 9.17) is 11.6 Å². The number of nitrogens with zero attached hydrogens (tertiary/aromatic N) is 2. The first-order chi connectivity index (χ1) is 15.8. The van der Waals surface area contributed by atoms with Crippen LogP contribution in [0.3, 0.4) is 0 Å². The summed E-state index contributed by atoms with van der Waals surface area (Å²) >= 11 is 5.98. The summed E-state index contributed by atoms with van der Waals surface area (Å²) in [7, 11) is -3.83. The van der Waals surface area contributed by atoms with E-state index in [9.17, 15) is 18.0 Å². The maximum Gasteiger partial charge on any atom is 0.270 e. The molecule has 33 heavy (non-hydrogen) atoms. The fourth-order valence-corrected chi connectivity index (χ4v) is 6.13. The molecular weight excluding hydrogens is 464 g/mol. The number of carbonyl (C=O) groups is 2. The summed E-state index contributed by atoms with van der Waals surface area (Å²) in [6.07, 6.45) is 6.69. The zero-order valence-electron chi connectivity index (χ0n) is 18.4. The Morgan fingerprint density at radius 2 is 1.79 bits per heavy atom. The Kier molecular flexibility index (Phi) is 7.41. The third-order valence-corrected chi connectivity index (χ3v) is 8.34. The van der Waals surface area contributed by atoms with Gasteiger partial charge in [0.05, 0.1) is 5.92 Å². The number of sulfonamides is 1. The molecule has 2 aromatic rings. The van der Waals surface area contributed by atoms with Gasteiger partial charge in [0.25, 0.3) is 5.91 Å². The van der Waals surface area contributed by atoms with Crippen LogP contribution in [0, 0.1) is 5.92 Å². The molecule has 2 aliphatic heterocycles. The van der Waals surface area contributed by atoms with Crippen LogP contribution in [-0.2, 0) is 14.8 Å². The third kappa shape index (κ3) is 5.59. The van der Waals surface area contributed by atoms with E-state index in [0.29, 0.717) is 43.2 Å². The van der Waals surface area contributed by atoms with Crippen molar-refractivity contribution in [1.82, 2.24) is 14.2 Å². The second-order valence-corrected chi connectivity index (χ2v) is 11.0. The van der Waals surface area contributed by atoms with Gasteiger partial charge in [-0.1, -0.05) is 30.5 Å². The van der Waals surface area contributed by atoms with Gasteiger partial charge in [0.2, 0.25) is 15.9 Å². The maximum atomic E-state index is 13.3. The number of rotatable bonds is 5. The lowest BCUT2D eigenvalue weighted by molar-refractivity contribution is -0.120. The Labute approximate surface area is 199 Å². The summed E-state index contributed by atoms with van der Waals surface area (Å²) in [6.45, 7) is 1.81. The summed E-state index contributed by atoms with van der Waals surface area (Å²) < 4.78 is 27.9. The van der Waals surface area contributed by atoms with Crippen LogP contribution >= 0.6 is 11.6 Å². The lowest BCUT2D eigenvalue weighted by Crippen LogP contribution is -2.43. The molecule has 2 aliphatic rings. The third-order valence-electron chi connectivity index (χ3n) is 6.27. The molecule has 2 amide bonds. The van der Waals surface area contributed by atoms with Gasteiger partial charge in [-0.2, -0.15) is 4.31 Å². The van der Waals surface area contributed by atoms with Crippen LogP contribution in [0.5, 0.6) is 0 Å². The molecule has 0 bridgehead atoms. The summed E-state index contributed by atoms with van der Waals surface area (Å²) in [5.41, 5.74) is 0.859. The second kappa shape index (κ2) is 10.3. The average Bonchev–Trinajstić information content (AvgIpc) is 3.16. The van der Waals surface area contributed by atoms with Gasteiger partial charge in [-0.3, -0.25) is 9.59 Å². The van der Waals surface area contributed by atoms with E-state index in [0.717, 1.165) is 25.7 Å². The minimum Gasteiger partial charge on any atom is -0.356 e. The normalized spacial score (nSPS) is 20.3. The van der Waals surface area contributed by atoms with Gasteiger partial charge in [-0.25, -0.2) is 8.42 Å². The number of aromatic amines is 1. The highest BCUT2D eigenvalue weighted by Crippen LogP contribution is 2.26. The van der Waals surface area contributed by atoms with Crippen LogP contribution in [0.4, 0.5) is 5.69 Å². The highest BCUT2D eigenvalue weighted by Gasteiger charge is 2.34. The number of piperidine rings is 1. The van der Waals surface area contributed by atoms with Crippen molar-refractivity contribution in [2.45, 2.75) is 43.4 Å². The molecule has 0 spiro atoms. The number of carbonyl (C=O) groups excluding carboxylic acids is 2. The Hall–Kier alpha value is -2.36. The molecule has 10 heteroatoms. The molecule has 1 unspecified atom stereocenters. The van der Waals surface area contributed by atoms with Crippen molar-refractivity contribution in [3.63, 3.8) is 0 Å². The Bertz CT molecular complexity index is 1110. The molecule has 1 aromatic heterocycles. The molecular formula is C23H29ClN4O4S. The molecule has 0 saturated carbocycles. The summed E-state index contributed by atoms with van der Waals surface area (Å²) in [5.74, 6) is -0.872. The Morgan fingerprint density at radius 3 is 2.52 bits per heavy atom. The monoisotopic (exact) mass is 492 g/mol. The van der Waals surface area contributed by atoms with E-state index in [1.54, 1.807) is 29.2 Å². The minimum absolute atomic E-state index is 0.0524. The highest BCUT2D eigenvalue weighted by atomic mass is 35.5. The number of likely N-dealkylation sites (tertiary alicyclic amines) is 1. The molecule has 0 radical (unpaired) electrons. The fourth-order valence-electron chi connectivity index (χ4n) is 4.43. The first kappa shape index (κ1) is 23.8. The lowest BCUT2D eigenvalue weighted by Gasteiger charge is -2.31. The van der Waals surface area contributed by atoms with Gasteiger partial charge < -0.3 is 15.2 Å². The van der Waals surface area contributed by atoms with Crippen LogP contribution in [0.1, 0.15) is 49.0 Å². The second-order valence-electron chi connectivity index (χ2n) is 8.66. The predicted octanol–water partition coefficient (Wildman–Crippen LogP) is 3.72. The van der Waals surface area contributed by atoms with E-state index < -0.39 is 15.9 Å². The quantitative estimate of drug-likeness (QED) is 0.663. The van der Waals surface area contributed by atoms with Crippen LogP contribution < -0.4 is 5.32 Å². The average molecular weight is 493 g/mol. The molecule has 1 atom stereocenters. The summed E-state index contributed by atoms with van der Waals surface area (Å²) in [6, 6.07) is 8.27. The zero-order chi connectivity index (χ0) is 23.4. The number of benzene rings is 1. The molecule has 1 aromatic carbocycles. The van der Waals surface area contributed by atoms with Gasteiger partial charge >= 0.3 is 0 Å². The maximum absolute atomic E-state index is 13.3. The van der Waals surface area contributed by atoms with Crippen molar-refractivity contribution in [3.05, 3.63) is 47.2 Å². The predicted molar refractivity (Wildman–Crippen MR) is 127 cm³/mol. The SMILES string of the molecule is O=C(Nc1cccc(Cl)c1)C1CCCN(S(=O)(=O)c2c[nH]c(C(=O)N3CCCCCC3)c2)C1. The van der Waals surface area contributed by atoms with Gasteiger partial charge in [-0.15, -0.1) is 0 Å². The van der Waals surface area contributed by atoms with E-state index in [2.05, 4.69) is 10.3 Å². The molecule has 2 saturated heterocycles. The van der Waals surface area contributed by atoms with Gasteiger partial charge in [-0.05, 0) is 49.9 Å². The molecule has 8 nitrogen and oxygen atoms in total.